The summed E-state index contributed by atoms with van der Waals surface area (Å²) < 4.78 is 12.8. The third-order valence-electron chi connectivity index (χ3n) is 4.61. The van der Waals surface area contributed by atoms with Gasteiger partial charge < -0.3 is 19.6 Å². The Hall–Kier alpha value is -3.30. The molecule has 0 N–H and O–H groups in total. The van der Waals surface area contributed by atoms with Gasteiger partial charge in [0, 0.05) is 15.0 Å². The lowest BCUT2D eigenvalue weighted by atomic mass is 10.1. The highest BCUT2D eigenvalue weighted by Crippen LogP contribution is 2.32. The first-order chi connectivity index (χ1) is 14.7. The molecule has 1 aliphatic rings. The van der Waals surface area contributed by atoms with E-state index in [-0.39, 0.29) is 25.0 Å². The standard InChI is InChI=1S/C20H16Cl2N4O5/c1-20(11-24-10-17(26(28)29)23-18(24)31-20)12-30-19(27)25(15-6-2-13(21)3-7-15)16-8-4-14(22)5-9-16/h2-10H,11-12H2,1H3/t20-/m0/s1. The number of hydrogen-bond donors (Lipinski definition) is 0. The molecule has 0 bridgehead atoms. The molecule has 1 amide bonds. The summed E-state index contributed by atoms with van der Waals surface area (Å²) in [4.78, 5) is 28.5. The number of hydrogen-bond acceptors (Lipinski definition) is 6. The van der Waals surface area contributed by atoms with Crippen LogP contribution in [0.3, 0.4) is 0 Å². The van der Waals surface area contributed by atoms with Gasteiger partial charge in [0.15, 0.2) is 5.60 Å². The first-order valence-corrected chi connectivity index (χ1v) is 9.88. The zero-order chi connectivity index (χ0) is 22.2. The molecule has 0 spiro atoms. The summed E-state index contributed by atoms with van der Waals surface area (Å²) in [5.74, 6) is -0.300. The second-order valence-electron chi connectivity index (χ2n) is 7.16. The van der Waals surface area contributed by atoms with Crippen molar-refractivity contribution in [1.29, 1.82) is 0 Å². The number of rotatable bonds is 5. The van der Waals surface area contributed by atoms with Crippen LogP contribution in [-0.4, -0.2) is 32.8 Å². The number of nitrogens with zero attached hydrogens (tertiary/aromatic N) is 4. The fourth-order valence-corrected chi connectivity index (χ4v) is 3.43. The lowest BCUT2D eigenvalue weighted by Gasteiger charge is -2.26. The van der Waals surface area contributed by atoms with E-state index in [1.165, 1.54) is 15.7 Å². The molecule has 3 aromatic rings. The molecular formula is C20H16Cl2N4O5. The summed E-state index contributed by atoms with van der Waals surface area (Å²) in [6.07, 6.45) is 0.654. The Balaban J connectivity index is 1.51. The molecule has 31 heavy (non-hydrogen) atoms. The fourth-order valence-electron chi connectivity index (χ4n) is 3.18. The molecule has 0 radical (unpaired) electrons. The number of imidazole rings is 1. The average Bonchev–Trinajstić information content (AvgIpc) is 3.25. The lowest BCUT2D eigenvalue weighted by molar-refractivity contribution is -0.389. The molecule has 0 saturated heterocycles. The van der Waals surface area contributed by atoms with Crippen molar-refractivity contribution in [3.63, 3.8) is 0 Å². The van der Waals surface area contributed by atoms with Gasteiger partial charge in [-0.15, -0.1) is 0 Å². The highest BCUT2D eigenvalue weighted by Gasteiger charge is 2.41. The Bertz CT molecular complexity index is 1060. The van der Waals surface area contributed by atoms with Crippen LogP contribution in [0.5, 0.6) is 6.01 Å². The van der Waals surface area contributed by atoms with Gasteiger partial charge in [0.2, 0.25) is 0 Å². The molecule has 1 atom stereocenters. The van der Waals surface area contributed by atoms with Gasteiger partial charge in [0.1, 0.15) is 12.8 Å². The normalized spacial score (nSPS) is 17.0. The average molecular weight is 463 g/mol. The van der Waals surface area contributed by atoms with Crippen molar-refractivity contribution < 1.29 is 19.2 Å². The monoisotopic (exact) mass is 462 g/mol. The van der Waals surface area contributed by atoms with Crippen molar-refractivity contribution in [3.05, 3.63) is 74.9 Å². The van der Waals surface area contributed by atoms with E-state index in [0.29, 0.717) is 21.4 Å². The Morgan fingerprint density at radius 1 is 1.19 bits per heavy atom. The second kappa shape index (κ2) is 8.09. The van der Waals surface area contributed by atoms with Crippen LogP contribution < -0.4 is 9.64 Å². The van der Waals surface area contributed by atoms with Gasteiger partial charge in [0.25, 0.3) is 0 Å². The molecule has 4 rings (SSSR count). The molecule has 2 aromatic carbocycles. The maximum atomic E-state index is 13.0. The van der Waals surface area contributed by atoms with Crippen molar-refractivity contribution in [2.24, 2.45) is 0 Å². The minimum atomic E-state index is -0.918. The highest BCUT2D eigenvalue weighted by molar-refractivity contribution is 6.31. The Labute approximate surface area is 186 Å². The SMILES string of the molecule is C[C@@]1(COC(=O)N(c2ccc(Cl)cc2)c2ccc(Cl)cc2)Cn2cc([N+](=O)[O-])nc2O1. The molecule has 2 heterocycles. The number of carbonyl (C=O) groups is 1. The van der Waals surface area contributed by atoms with Crippen LogP contribution >= 0.6 is 23.2 Å². The van der Waals surface area contributed by atoms with E-state index in [0.717, 1.165) is 0 Å². The van der Waals surface area contributed by atoms with Gasteiger partial charge >= 0.3 is 17.9 Å². The molecule has 1 aromatic heterocycles. The Morgan fingerprint density at radius 3 is 2.23 bits per heavy atom. The van der Waals surface area contributed by atoms with Gasteiger partial charge in [0.05, 0.1) is 17.9 Å². The predicted octanol–water partition coefficient (Wildman–Crippen LogP) is 5.22. The third kappa shape index (κ3) is 4.42. The summed E-state index contributed by atoms with van der Waals surface area (Å²) in [6, 6.07) is 13.6. The minimum Gasteiger partial charge on any atom is -0.445 e. The maximum absolute atomic E-state index is 13.0. The van der Waals surface area contributed by atoms with Crippen molar-refractivity contribution in [3.8, 4) is 6.01 Å². The molecule has 11 heteroatoms. The van der Waals surface area contributed by atoms with E-state index in [4.69, 9.17) is 32.7 Å². The highest BCUT2D eigenvalue weighted by atomic mass is 35.5. The topological polar surface area (TPSA) is 99.7 Å². The van der Waals surface area contributed by atoms with Crippen LogP contribution in [0.4, 0.5) is 22.0 Å². The van der Waals surface area contributed by atoms with Crippen LogP contribution in [0, 0.1) is 10.1 Å². The molecule has 160 valence electrons. The number of aromatic nitrogens is 2. The van der Waals surface area contributed by atoms with Gasteiger partial charge in [-0.25, -0.2) is 9.69 Å². The summed E-state index contributed by atoms with van der Waals surface area (Å²) in [5.41, 5.74) is 0.189. The molecular weight excluding hydrogens is 447 g/mol. The lowest BCUT2D eigenvalue weighted by Crippen LogP contribution is -2.40. The Morgan fingerprint density at radius 2 is 1.74 bits per heavy atom. The van der Waals surface area contributed by atoms with Gasteiger partial charge in [-0.3, -0.25) is 4.57 Å². The quantitative estimate of drug-likeness (QED) is 0.380. The zero-order valence-electron chi connectivity index (χ0n) is 16.2. The van der Waals surface area contributed by atoms with Crippen molar-refractivity contribution in [2.75, 3.05) is 11.5 Å². The summed E-state index contributed by atoms with van der Waals surface area (Å²) >= 11 is 11.9. The van der Waals surface area contributed by atoms with Crippen LogP contribution in [0.15, 0.2) is 54.7 Å². The molecule has 9 nitrogen and oxygen atoms in total. The first kappa shape index (κ1) is 21.0. The summed E-state index contributed by atoms with van der Waals surface area (Å²) in [6.45, 7) is 1.88. The fraction of sp³-hybridized carbons (Fsp3) is 0.200. The van der Waals surface area contributed by atoms with E-state index in [9.17, 15) is 14.9 Å². The van der Waals surface area contributed by atoms with Crippen LogP contribution in [-0.2, 0) is 11.3 Å². The largest absolute Gasteiger partial charge is 0.445 e. The molecule has 0 fully saturated rings. The molecule has 0 saturated carbocycles. The van der Waals surface area contributed by atoms with E-state index < -0.39 is 16.6 Å². The van der Waals surface area contributed by atoms with E-state index in [1.54, 1.807) is 55.5 Å². The number of anilines is 2. The summed E-state index contributed by atoms with van der Waals surface area (Å²) in [5, 5.41) is 11.9. The van der Waals surface area contributed by atoms with E-state index in [2.05, 4.69) is 4.98 Å². The van der Waals surface area contributed by atoms with Crippen molar-refractivity contribution in [1.82, 2.24) is 9.55 Å². The van der Waals surface area contributed by atoms with Gasteiger partial charge in [-0.05, 0) is 60.4 Å². The van der Waals surface area contributed by atoms with Crippen molar-refractivity contribution in [2.45, 2.75) is 19.1 Å². The number of halogens is 2. The molecule has 0 aliphatic carbocycles. The van der Waals surface area contributed by atoms with E-state index in [1.807, 2.05) is 0 Å². The number of nitro groups is 1. The maximum Gasteiger partial charge on any atom is 0.419 e. The number of amides is 1. The number of benzene rings is 2. The number of ether oxygens (including phenoxy) is 2. The minimum absolute atomic E-state index is 0.0966. The predicted molar refractivity (Wildman–Crippen MR) is 114 cm³/mol. The summed E-state index contributed by atoms with van der Waals surface area (Å²) in [7, 11) is 0. The Kier molecular flexibility index (Phi) is 5.47. The molecule has 0 unspecified atom stereocenters. The zero-order valence-corrected chi connectivity index (χ0v) is 17.7. The van der Waals surface area contributed by atoms with Crippen LogP contribution in [0.1, 0.15) is 6.92 Å². The van der Waals surface area contributed by atoms with Crippen LogP contribution in [0.2, 0.25) is 10.0 Å². The van der Waals surface area contributed by atoms with Gasteiger partial charge in [-0.2, -0.15) is 0 Å². The van der Waals surface area contributed by atoms with Gasteiger partial charge in [-0.1, -0.05) is 23.2 Å². The van der Waals surface area contributed by atoms with Crippen molar-refractivity contribution >= 4 is 46.5 Å². The smallest absolute Gasteiger partial charge is 0.419 e. The third-order valence-corrected chi connectivity index (χ3v) is 5.11. The molecule has 1 aliphatic heterocycles. The first-order valence-electron chi connectivity index (χ1n) is 9.13. The number of fused-ring (bicyclic) bond motifs is 1. The van der Waals surface area contributed by atoms with Crippen LogP contribution in [0.25, 0.3) is 0 Å². The second-order valence-corrected chi connectivity index (χ2v) is 8.03. The van der Waals surface area contributed by atoms with E-state index >= 15 is 0 Å². The number of carbonyl (C=O) groups excluding carboxylic acids is 1.